The predicted molar refractivity (Wildman–Crippen MR) is 48.4 cm³/mol. The average molecular weight is 236 g/mol. The summed E-state index contributed by atoms with van der Waals surface area (Å²) in [6.07, 6.45) is 0.900. The minimum atomic E-state index is 0.900. The number of halogens is 1. The SMILES string of the molecule is IPc1ccccc1. The molecule has 2 heteroatoms. The van der Waals surface area contributed by atoms with E-state index in [1.807, 2.05) is 6.07 Å². The average Bonchev–Trinajstić information content (AvgIpc) is 1.90. The lowest BCUT2D eigenvalue weighted by atomic mass is 10.4. The van der Waals surface area contributed by atoms with E-state index in [2.05, 4.69) is 46.3 Å². The summed E-state index contributed by atoms with van der Waals surface area (Å²) >= 11 is 2.38. The maximum Gasteiger partial charge on any atom is -0.0170 e. The van der Waals surface area contributed by atoms with Gasteiger partial charge in [-0.3, -0.25) is 0 Å². The molecule has 0 bridgehead atoms. The van der Waals surface area contributed by atoms with Gasteiger partial charge in [0.1, 0.15) is 0 Å². The summed E-state index contributed by atoms with van der Waals surface area (Å²) in [6.45, 7) is 0. The van der Waals surface area contributed by atoms with Crippen molar-refractivity contribution in [2.45, 2.75) is 0 Å². The standard InChI is InChI=1S/C6H6IP/c7-8-6-4-2-1-3-5-6/h1-5,8H. The van der Waals surface area contributed by atoms with E-state index in [9.17, 15) is 0 Å². The van der Waals surface area contributed by atoms with Gasteiger partial charge < -0.3 is 0 Å². The molecule has 0 aliphatic carbocycles. The molecule has 0 saturated heterocycles. The summed E-state index contributed by atoms with van der Waals surface area (Å²) in [4.78, 5) is 0. The largest absolute Gasteiger partial charge is 0.0622 e. The van der Waals surface area contributed by atoms with Crippen molar-refractivity contribution < 1.29 is 0 Å². The first-order valence-electron chi connectivity index (χ1n) is 2.35. The molecule has 0 heterocycles. The third-order valence-corrected chi connectivity index (χ3v) is 3.30. The van der Waals surface area contributed by atoms with E-state index in [1.165, 1.54) is 5.30 Å². The second-order valence-electron chi connectivity index (χ2n) is 1.46. The third kappa shape index (κ3) is 1.71. The Bertz CT molecular complexity index is 150. The molecule has 0 aliphatic rings. The zero-order valence-corrected chi connectivity index (χ0v) is 7.42. The molecular formula is C6H6IP. The molecule has 42 valence electrons. The van der Waals surface area contributed by atoms with Gasteiger partial charge >= 0.3 is 0 Å². The minimum absolute atomic E-state index is 0.900. The molecule has 0 saturated carbocycles. The van der Waals surface area contributed by atoms with Gasteiger partial charge in [-0.05, 0) is 11.5 Å². The molecule has 0 aromatic heterocycles. The summed E-state index contributed by atoms with van der Waals surface area (Å²) in [5.41, 5.74) is 0. The smallest absolute Gasteiger partial charge is 0.0170 e. The second-order valence-corrected chi connectivity index (χ2v) is 3.84. The second kappa shape index (κ2) is 3.41. The van der Waals surface area contributed by atoms with Crippen LogP contribution in [0.25, 0.3) is 0 Å². The van der Waals surface area contributed by atoms with Crippen molar-refractivity contribution in [3.05, 3.63) is 30.3 Å². The topological polar surface area (TPSA) is 0 Å². The van der Waals surface area contributed by atoms with Crippen molar-refractivity contribution in [1.82, 2.24) is 0 Å². The summed E-state index contributed by atoms with van der Waals surface area (Å²) in [5.74, 6) is 0. The van der Waals surface area contributed by atoms with Crippen molar-refractivity contribution in [2.24, 2.45) is 0 Å². The number of hydrogen-bond donors (Lipinski definition) is 0. The van der Waals surface area contributed by atoms with Gasteiger partial charge in [0.2, 0.25) is 0 Å². The summed E-state index contributed by atoms with van der Waals surface area (Å²) in [5, 5.41) is 1.42. The molecule has 1 aromatic carbocycles. The van der Waals surface area contributed by atoms with Gasteiger partial charge in [-0.1, -0.05) is 52.4 Å². The van der Waals surface area contributed by atoms with Crippen molar-refractivity contribution in [1.29, 1.82) is 0 Å². The van der Waals surface area contributed by atoms with E-state index in [4.69, 9.17) is 0 Å². The Morgan fingerprint density at radius 3 is 2.12 bits per heavy atom. The Morgan fingerprint density at radius 1 is 1.12 bits per heavy atom. The van der Waals surface area contributed by atoms with Crippen LogP contribution in [0, 0.1) is 0 Å². The van der Waals surface area contributed by atoms with E-state index in [0.717, 1.165) is 6.22 Å². The van der Waals surface area contributed by atoms with Crippen molar-refractivity contribution in [3.63, 3.8) is 0 Å². The fourth-order valence-electron chi connectivity index (χ4n) is 0.501. The van der Waals surface area contributed by atoms with Crippen LogP contribution in [-0.2, 0) is 0 Å². The van der Waals surface area contributed by atoms with Gasteiger partial charge in [-0.15, -0.1) is 0 Å². The van der Waals surface area contributed by atoms with Gasteiger partial charge in [0, 0.05) is 0 Å². The molecule has 1 aromatic rings. The van der Waals surface area contributed by atoms with Crippen LogP contribution in [0.2, 0.25) is 0 Å². The molecule has 1 rings (SSSR count). The van der Waals surface area contributed by atoms with Crippen LogP contribution in [0.15, 0.2) is 30.3 Å². The molecule has 1 atom stereocenters. The normalized spacial score (nSPS) is 10.6. The molecule has 0 amide bonds. The Morgan fingerprint density at radius 2 is 1.75 bits per heavy atom. The molecule has 0 spiro atoms. The maximum absolute atomic E-state index is 2.38. The summed E-state index contributed by atoms with van der Waals surface area (Å²) in [7, 11) is 0. The van der Waals surface area contributed by atoms with Crippen LogP contribution in [-0.4, -0.2) is 0 Å². The van der Waals surface area contributed by atoms with Crippen molar-refractivity contribution in [2.75, 3.05) is 0 Å². The Balaban J connectivity index is 2.83. The van der Waals surface area contributed by atoms with Gasteiger partial charge in [0.25, 0.3) is 0 Å². The Labute approximate surface area is 64.0 Å². The lowest BCUT2D eigenvalue weighted by Gasteiger charge is -1.88. The van der Waals surface area contributed by atoms with E-state index < -0.39 is 0 Å². The van der Waals surface area contributed by atoms with Crippen LogP contribution in [0.4, 0.5) is 0 Å². The van der Waals surface area contributed by atoms with Crippen LogP contribution < -0.4 is 5.30 Å². The van der Waals surface area contributed by atoms with Crippen molar-refractivity contribution >= 4 is 33.6 Å². The number of benzene rings is 1. The highest BCUT2D eigenvalue weighted by atomic mass is 127. The van der Waals surface area contributed by atoms with E-state index >= 15 is 0 Å². The van der Waals surface area contributed by atoms with Crippen LogP contribution in [0.5, 0.6) is 0 Å². The molecule has 0 N–H and O–H groups in total. The first kappa shape index (κ1) is 6.50. The van der Waals surface area contributed by atoms with Gasteiger partial charge in [-0.2, -0.15) is 0 Å². The lowest BCUT2D eigenvalue weighted by Crippen LogP contribution is -1.85. The van der Waals surface area contributed by atoms with E-state index in [-0.39, 0.29) is 0 Å². The van der Waals surface area contributed by atoms with Crippen LogP contribution in [0.1, 0.15) is 0 Å². The molecule has 0 fully saturated rings. The number of rotatable bonds is 1. The predicted octanol–water partition coefficient (Wildman–Crippen LogP) is 2.34. The quantitative estimate of drug-likeness (QED) is 0.518. The lowest BCUT2D eigenvalue weighted by molar-refractivity contribution is 1.78. The molecule has 0 nitrogen and oxygen atoms in total. The van der Waals surface area contributed by atoms with Crippen LogP contribution in [0.3, 0.4) is 0 Å². The van der Waals surface area contributed by atoms with Crippen molar-refractivity contribution in [3.8, 4) is 0 Å². The fraction of sp³-hybridized carbons (Fsp3) is 0. The first-order chi connectivity index (χ1) is 3.93. The zero-order chi connectivity index (χ0) is 5.82. The maximum atomic E-state index is 2.38. The van der Waals surface area contributed by atoms with Gasteiger partial charge in [0.05, 0.1) is 0 Å². The van der Waals surface area contributed by atoms with Gasteiger partial charge in [-0.25, -0.2) is 0 Å². The zero-order valence-electron chi connectivity index (χ0n) is 4.26. The highest BCUT2D eigenvalue weighted by Gasteiger charge is 1.81. The highest BCUT2D eigenvalue weighted by Crippen LogP contribution is 2.18. The summed E-state index contributed by atoms with van der Waals surface area (Å²) in [6, 6.07) is 10.5. The molecule has 8 heavy (non-hydrogen) atoms. The Hall–Kier alpha value is 0.380. The fourth-order valence-corrected chi connectivity index (χ4v) is 1.90. The minimum Gasteiger partial charge on any atom is -0.0622 e. The third-order valence-electron chi connectivity index (χ3n) is 0.883. The highest BCUT2D eigenvalue weighted by molar-refractivity contribution is 14.2. The molecule has 0 aliphatic heterocycles. The summed E-state index contributed by atoms with van der Waals surface area (Å²) < 4.78 is 0. The van der Waals surface area contributed by atoms with E-state index in [1.54, 1.807) is 0 Å². The molecule has 0 radical (unpaired) electrons. The van der Waals surface area contributed by atoms with E-state index in [0.29, 0.717) is 0 Å². The molecular weight excluding hydrogens is 230 g/mol. The Kier molecular flexibility index (Phi) is 2.77. The molecule has 1 unspecified atom stereocenters. The first-order valence-corrected chi connectivity index (χ1v) is 6.46. The van der Waals surface area contributed by atoms with Gasteiger partial charge in [0.15, 0.2) is 0 Å². The number of hydrogen-bond acceptors (Lipinski definition) is 0. The monoisotopic (exact) mass is 236 g/mol. The van der Waals surface area contributed by atoms with Crippen LogP contribution >= 0.6 is 28.3 Å².